The number of nitrogens with one attached hydrogen (secondary N) is 3. The van der Waals surface area contributed by atoms with Gasteiger partial charge in [0.05, 0.1) is 43.0 Å². The summed E-state index contributed by atoms with van der Waals surface area (Å²) in [5, 5.41) is 21.5. The molecule has 3 N–H and O–H groups in total. The summed E-state index contributed by atoms with van der Waals surface area (Å²) in [6.45, 7) is 7.40. The van der Waals surface area contributed by atoms with Gasteiger partial charge in [0.1, 0.15) is 5.75 Å². The lowest BCUT2D eigenvalue weighted by atomic mass is 9.89. The van der Waals surface area contributed by atoms with E-state index in [1.54, 1.807) is 20.3 Å². The Morgan fingerprint density at radius 2 is 1.83 bits per heavy atom. The monoisotopic (exact) mass is 639 g/mol. The van der Waals surface area contributed by atoms with Crippen molar-refractivity contribution in [2.45, 2.75) is 44.7 Å². The Kier molecular flexibility index (Phi) is 9.19. The molecule has 0 atom stereocenters. The van der Waals surface area contributed by atoms with Crippen molar-refractivity contribution in [2.24, 2.45) is 5.92 Å². The molecule has 4 heterocycles. The highest BCUT2D eigenvalue weighted by Crippen LogP contribution is 2.39. The number of pyridine rings is 1. The molecule has 246 valence electrons. The molecular formula is C34H41N9O4. The number of amides is 2. The summed E-state index contributed by atoms with van der Waals surface area (Å²) in [6.07, 6.45) is 5.59. The van der Waals surface area contributed by atoms with Gasteiger partial charge >= 0.3 is 0 Å². The SMILES string of the molecule is CNC(=O)c1nnc(NC(=O)C2CC2)cc1Nc1cccc(-c2cnn(C3CN(Cc4cccc(C(C)(C)COC)n4)C3)c2)c1OC. The number of hydrogen-bond acceptors (Lipinski definition) is 10. The summed E-state index contributed by atoms with van der Waals surface area (Å²) in [4.78, 5) is 32.3. The first-order valence-electron chi connectivity index (χ1n) is 15.8. The van der Waals surface area contributed by atoms with E-state index in [0.29, 0.717) is 23.7 Å². The summed E-state index contributed by atoms with van der Waals surface area (Å²) in [5.74, 6) is 0.330. The second kappa shape index (κ2) is 13.5. The average molecular weight is 640 g/mol. The summed E-state index contributed by atoms with van der Waals surface area (Å²) in [5.41, 5.74) is 4.75. The number of rotatable bonds is 13. The average Bonchev–Trinajstić information content (AvgIpc) is 3.80. The number of likely N-dealkylation sites (tertiary alicyclic amines) is 1. The molecule has 2 amide bonds. The van der Waals surface area contributed by atoms with Crippen LogP contribution in [0.2, 0.25) is 0 Å². The fourth-order valence-electron chi connectivity index (χ4n) is 5.76. The fourth-order valence-corrected chi connectivity index (χ4v) is 5.76. The van der Waals surface area contributed by atoms with E-state index < -0.39 is 5.91 Å². The number of hydrogen-bond donors (Lipinski definition) is 3. The molecule has 0 radical (unpaired) electrons. The zero-order valence-electron chi connectivity index (χ0n) is 27.4. The van der Waals surface area contributed by atoms with Gasteiger partial charge in [0.2, 0.25) is 5.91 Å². The molecular weight excluding hydrogens is 598 g/mol. The number of methoxy groups -OCH3 is 2. The molecule has 6 rings (SSSR count). The van der Waals surface area contributed by atoms with Crippen molar-refractivity contribution in [1.29, 1.82) is 0 Å². The minimum absolute atomic E-state index is 0.000445. The third-order valence-electron chi connectivity index (χ3n) is 8.54. The lowest BCUT2D eigenvalue weighted by Gasteiger charge is -2.39. The standard InChI is InChI=1S/C34H41N9O4/c1-34(2,20-46-4)28-11-6-8-23(37-28)17-42-18-24(19-42)43-16-22(15-36-43)25-9-7-10-26(31(25)47-5)38-27-14-29(39-32(44)21-12-13-21)40-41-30(27)33(45)35-3/h6-11,14-16,21,24H,12-13,17-20H2,1-5H3,(H,35,45)(H2,38,39,40,44). The number of carbonyl (C=O) groups is 2. The Balaban J connectivity index is 1.16. The Bertz CT molecular complexity index is 1760. The molecule has 1 aliphatic carbocycles. The maximum Gasteiger partial charge on any atom is 0.273 e. The van der Waals surface area contributed by atoms with E-state index in [4.69, 9.17) is 19.6 Å². The zero-order valence-corrected chi connectivity index (χ0v) is 27.4. The molecule has 0 spiro atoms. The smallest absolute Gasteiger partial charge is 0.273 e. The van der Waals surface area contributed by atoms with E-state index in [1.165, 1.54) is 7.05 Å². The van der Waals surface area contributed by atoms with Crippen LogP contribution in [0.5, 0.6) is 5.75 Å². The molecule has 2 aliphatic rings. The highest BCUT2D eigenvalue weighted by atomic mass is 16.5. The number of ether oxygens (including phenoxy) is 2. The molecule has 47 heavy (non-hydrogen) atoms. The van der Waals surface area contributed by atoms with Gasteiger partial charge in [-0.25, -0.2) is 0 Å². The Morgan fingerprint density at radius 3 is 2.55 bits per heavy atom. The molecule has 13 heteroatoms. The van der Waals surface area contributed by atoms with Gasteiger partial charge in [-0.05, 0) is 31.0 Å². The van der Waals surface area contributed by atoms with Gasteiger partial charge in [0, 0.05) is 74.2 Å². The maximum absolute atomic E-state index is 12.6. The van der Waals surface area contributed by atoms with E-state index in [-0.39, 0.29) is 34.8 Å². The first-order chi connectivity index (χ1) is 22.7. The third kappa shape index (κ3) is 7.10. The van der Waals surface area contributed by atoms with Gasteiger partial charge in [-0.3, -0.25) is 24.2 Å². The summed E-state index contributed by atoms with van der Waals surface area (Å²) >= 11 is 0. The van der Waals surface area contributed by atoms with Crippen LogP contribution in [0.15, 0.2) is 54.9 Å². The number of nitrogens with zero attached hydrogens (tertiary/aromatic N) is 6. The first kappa shape index (κ1) is 32.1. The number of aromatic nitrogens is 5. The van der Waals surface area contributed by atoms with Crippen LogP contribution in [0.3, 0.4) is 0 Å². The minimum Gasteiger partial charge on any atom is -0.494 e. The lowest BCUT2D eigenvalue weighted by Crippen LogP contribution is -2.47. The van der Waals surface area contributed by atoms with Crippen LogP contribution in [0.1, 0.15) is 54.6 Å². The van der Waals surface area contributed by atoms with Gasteiger partial charge in [-0.2, -0.15) is 5.10 Å². The van der Waals surface area contributed by atoms with E-state index >= 15 is 0 Å². The van der Waals surface area contributed by atoms with Crippen molar-refractivity contribution in [1.82, 2.24) is 35.2 Å². The molecule has 3 aromatic heterocycles. The van der Waals surface area contributed by atoms with Crippen molar-refractivity contribution in [3.63, 3.8) is 0 Å². The Morgan fingerprint density at radius 1 is 1.04 bits per heavy atom. The number of para-hydroxylation sites is 1. The van der Waals surface area contributed by atoms with Crippen molar-refractivity contribution in [2.75, 3.05) is 51.6 Å². The summed E-state index contributed by atoms with van der Waals surface area (Å²) in [7, 11) is 4.84. The van der Waals surface area contributed by atoms with Crippen molar-refractivity contribution in [3.05, 3.63) is 71.9 Å². The molecule has 0 bridgehead atoms. The van der Waals surface area contributed by atoms with Crippen molar-refractivity contribution >= 4 is 29.0 Å². The third-order valence-corrected chi connectivity index (χ3v) is 8.54. The van der Waals surface area contributed by atoms with Crippen LogP contribution in [0.25, 0.3) is 11.1 Å². The number of anilines is 3. The predicted octanol–water partition coefficient (Wildman–Crippen LogP) is 4.18. The van der Waals surface area contributed by atoms with Crippen LogP contribution in [-0.2, 0) is 21.5 Å². The molecule has 4 aromatic rings. The number of benzene rings is 1. The van der Waals surface area contributed by atoms with E-state index in [1.807, 2.05) is 35.3 Å². The highest BCUT2D eigenvalue weighted by Gasteiger charge is 2.31. The second-order valence-electron chi connectivity index (χ2n) is 12.7. The lowest BCUT2D eigenvalue weighted by molar-refractivity contribution is -0.117. The van der Waals surface area contributed by atoms with Crippen LogP contribution in [0.4, 0.5) is 17.2 Å². The van der Waals surface area contributed by atoms with E-state index in [2.05, 4.69) is 63.1 Å². The van der Waals surface area contributed by atoms with Crippen LogP contribution >= 0.6 is 0 Å². The van der Waals surface area contributed by atoms with E-state index in [9.17, 15) is 9.59 Å². The van der Waals surface area contributed by atoms with Crippen LogP contribution in [0, 0.1) is 5.92 Å². The van der Waals surface area contributed by atoms with Crippen molar-refractivity contribution < 1.29 is 19.1 Å². The Hall–Kier alpha value is -4.88. The topological polar surface area (TPSA) is 148 Å². The first-order valence-corrected chi connectivity index (χ1v) is 15.8. The van der Waals surface area contributed by atoms with Gasteiger partial charge in [0.15, 0.2) is 11.5 Å². The van der Waals surface area contributed by atoms with Gasteiger partial charge in [0.25, 0.3) is 5.91 Å². The van der Waals surface area contributed by atoms with Gasteiger partial charge in [-0.15, -0.1) is 10.2 Å². The molecule has 13 nitrogen and oxygen atoms in total. The molecule has 1 aliphatic heterocycles. The molecule has 1 saturated heterocycles. The quantitative estimate of drug-likeness (QED) is 0.195. The van der Waals surface area contributed by atoms with E-state index in [0.717, 1.165) is 55.0 Å². The largest absolute Gasteiger partial charge is 0.494 e. The predicted molar refractivity (Wildman–Crippen MR) is 178 cm³/mol. The van der Waals surface area contributed by atoms with Crippen LogP contribution in [-0.4, -0.2) is 82.6 Å². The molecule has 0 unspecified atom stereocenters. The van der Waals surface area contributed by atoms with Crippen molar-refractivity contribution in [3.8, 4) is 16.9 Å². The number of carbonyl (C=O) groups excluding carboxylic acids is 2. The normalized spacial score (nSPS) is 15.2. The van der Waals surface area contributed by atoms with Gasteiger partial charge in [-0.1, -0.05) is 32.0 Å². The van der Waals surface area contributed by atoms with Gasteiger partial charge < -0.3 is 25.4 Å². The summed E-state index contributed by atoms with van der Waals surface area (Å²) in [6, 6.07) is 13.8. The highest BCUT2D eigenvalue weighted by molar-refractivity contribution is 6.00. The Labute approximate surface area is 274 Å². The molecule has 2 fully saturated rings. The van der Waals surface area contributed by atoms with Crippen LogP contribution < -0.4 is 20.7 Å². The fraction of sp³-hybridized carbons (Fsp3) is 0.412. The minimum atomic E-state index is -0.413. The molecule has 1 saturated carbocycles. The summed E-state index contributed by atoms with van der Waals surface area (Å²) < 4.78 is 13.3. The second-order valence-corrected chi connectivity index (χ2v) is 12.7. The maximum atomic E-state index is 12.6. The molecule has 1 aromatic carbocycles. The zero-order chi connectivity index (χ0) is 33.1.